The van der Waals surface area contributed by atoms with Gasteiger partial charge in [0.05, 0.1) is 17.9 Å². The molecule has 0 radical (unpaired) electrons. The molecule has 3 aromatic rings. The maximum absolute atomic E-state index is 12.2. The number of esters is 1. The molecule has 1 N–H and O–H groups in total. The Kier molecular flexibility index (Phi) is 5.99. The molecule has 0 unspecified atom stereocenters. The summed E-state index contributed by atoms with van der Waals surface area (Å²) in [5.74, 6) is 0.810. The minimum absolute atomic E-state index is 0.321. The lowest BCUT2D eigenvalue weighted by atomic mass is 10.2. The molecule has 0 atom stereocenters. The van der Waals surface area contributed by atoms with Gasteiger partial charge in [0.2, 0.25) is 5.95 Å². The monoisotopic (exact) mass is 362 g/mol. The summed E-state index contributed by atoms with van der Waals surface area (Å²) in [6.07, 6.45) is 1.70. The minimum Gasteiger partial charge on any atom is -0.462 e. The van der Waals surface area contributed by atoms with Crippen molar-refractivity contribution >= 4 is 29.1 Å². The zero-order chi connectivity index (χ0) is 19.1. The van der Waals surface area contributed by atoms with Crippen molar-refractivity contribution in [3.05, 3.63) is 72.4 Å². The van der Waals surface area contributed by atoms with Crippen molar-refractivity contribution in [2.75, 3.05) is 23.4 Å². The van der Waals surface area contributed by atoms with Gasteiger partial charge in [0, 0.05) is 18.4 Å². The number of rotatable bonds is 7. The van der Waals surface area contributed by atoms with E-state index in [1.54, 1.807) is 31.3 Å². The molecule has 0 amide bonds. The van der Waals surface area contributed by atoms with E-state index < -0.39 is 0 Å². The summed E-state index contributed by atoms with van der Waals surface area (Å²) in [6, 6.07) is 19.1. The number of ether oxygens (including phenoxy) is 1. The second-order valence-corrected chi connectivity index (χ2v) is 5.71. The number of benzene rings is 2. The van der Waals surface area contributed by atoms with Crippen molar-refractivity contribution in [2.24, 2.45) is 0 Å². The standard InChI is InChI=1S/C21H22N4O2/c1-3-25(16-10-6-5-7-11-16)19-14-15-22-21(24-19)23-18-13-9-8-12-17(18)20(26)27-4-2/h5-15H,3-4H2,1-2H3,(H,22,23,24). The molecular formula is C21H22N4O2. The van der Waals surface area contributed by atoms with E-state index in [2.05, 4.69) is 27.1 Å². The third-order valence-electron chi connectivity index (χ3n) is 3.97. The lowest BCUT2D eigenvalue weighted by Crippen LogP contribution is -2.18. The average molecular weight is 362 g/mol. The highest BCUT2D eigenvalue weighted by Crippen LogP contribution is 2.25. The van der Waals surface area contributed by atoms with E-state index in [9.17, 15) is 4.79 Å². The van der Waals surface area contributed by atoms with Gasteiger partial charge in [-0.3, -0.25) is 0 Å². The van der Waals surface area contributed by atoms with Crippen LogP contribution in [0, 0.1) is 0 Å². The van der Waals surface area contributed by atoms with Crippen LogP contribution in [0.2, 0.25) is 0 Å². The summed E-state index contributed by atoms with van der Waals surface area (Å²) in [7, 11) is 0. The van der Waals surface area contributed by atoms with Crippen molar-refractivity contribution in [2.45, 2.75) is 13.8 Å². The quantitative estimate of drug-likeness (QED) is 0.622. The molecule has 0 aliphatic carbocycles. The van der Waals surface area contributed by atoms with Gasteiger partial charge in [-0.2, -0.15) is 4.98 Å². The molecule has 0 saturated heterocycles. The number of hydrogen-bond donors (Lipinski definition) is 1. The second-order valence-electron chi connectivity index (χ2n) is 5.71. The summed E-state index contributed by atoms with van der Waals surface area (Å²) < 4.78 is 5.12. The number of carbonyl (C=O) groups is 1. The predicted octanol–water partition coefficient (Wildman–Crippen LogP) is 4.55. The lowest BCUT2D eigenvalue weighted by Gasteiger charge is -2.22. The minimum atomic E-state index is -0.378. The predicted molar refractivity (Wildman–Crippen MR) is 107 cm³/mol. The number of anilines is 4. The lowest BCUT2D eigenvalue weighted by molar-refractivity contribution is 0.0527. The summed E-state index contributed by atoms with van der Waals surface area (Å²) in [5.41, 5.74) is 2.11. The van der Waals surface area contributed by atoms with E-state index in [1.807, 2.05) is 42.5 Å². The van der Waals surface area contributed by atoms with Gasteiger partial charge in [-0.1, -0.05) is 30.3 Å². The van der Waals surface area contributed by atoms with Crippen LogP contribution >= 0.6 is 0 Å². The molecule has 27 heavy (non-hydrogen) atoms. The normalized spacial score (nSPS) is 10.3. The first kappa shape index (κ1) is 18.4. The number of nitrogens with one attached hydrogen (secondary N) is 1. The van der Waals surface area contributed by atoms with Gasteiger partial charge in [-0.05, 0) is 44.2 Å². The van der Waals surface area contributed by atoms with Crippen LogP contribution in [0.25, 0.3) is 0 Å². The third kappa shape index (κ3) is 4.41. The van der Waals surface area contributed by atoms with Crippen LogP contribution in [0.3, 0.4) is 0 Å². The first-order chi connectivity index (χ1) is 13.2. The second kappa shape index (κ2) is 8.80. The van der Waals surface area contributed by atoms with Crippen molar-refractivity contribution in [3.63, 3.8) is 0 Å². The smallest absolute Gasteiger partial charge is 0.340 e. The Hall–Kier alpha value is -3.41. The Morgan fingerprint density at radius 1 is 1.04 bits per heavy atom. The first-order valence-corrected chi connectivity index (χ1v) is 8.91. The van der Waals surface area contributed by atoms with Crippen LogP contribution in [-0.4, -0.2) is 29.1 Å². The molecule has 1 aromatic heterocycles. The molecule has 2 aromatic carbocycles. The van der Waals surface area contributed by atoms with Gasteiger partial charge >= 0.3 is 5.97 Å². The third-order valence-corrected chi connectivity index (χ3v) is 3.97. The largest absolute Gasteiger partial charge is 0.462 e. The molecule has 0 fully saturated rings. The average Bonchev–Trinajstić information content (AvgIpc) is 2.70. The van der Waals surface area contributed by atoms with Crippen LogP contribution in [0.1, 0.15) is 24.2 Å². The highest BCUT2D eigenvalue weighted by molar-refractivity contribution is 5.96. The van der Waals surface area contributed by atoms with Crippen LogP contribution in [-0.2, 0) is 4.74 Å². The Bertz CT molecular complexity index is 899. The molecular weight excluding hydrogens is 340 g/mol. The molecule has 0 saturated carbocycles. The molecule has 6 heteroatoms. The van der Waals surface area contributed by atoms with E-state index in [-0.39, 0.29) is 5.97 Å². The Balaban J connectivity index is 1.88. The number of aromatic nitrogens is 2. The van der Waals surface area contributed by atoms with Crippen LogP contribution in [0.4, 0.5) is 23.1 Å². The van der Waals surface area contributed by atoms with Gasteiger partial charge in [0.1, 0.15) is 5.82 Å². The van der Waals surface area contributed by atoms with E-state index in [4.69, 9.17) is 4.74 Å². The molecule has 138 valence electrons. The van der Waals surface area contributed by atoms with Crippen LogP contribution in [0.15, 0.2) is 66.9 Å². The van der Waals surface area contributed by atoms with Gasteiger partial charge in [0.15, 0.2) is 0 Å². The van der Waals surface area contributed by atoms with E-state index in [0.29, 0.717) is 23.8 Å². The summed E-state index contributed by atoms with van der Waals surface area (Å²) in [5, 5.41) is 3.13. The SMILES string of the molecule is CCOC(=O)c1ccccc1Nc1nccc(N(CC)c2ccccc2)n1. The summed E-state index contributed by atoms with van der Waals surface area (Å²) in [6.45, 7) is 4.93. The first-order valence-electron chi connectivity index (χ1n) is 8.91. The molecule has 6 nitrogen and oxygen atoms in total. The fourth-order valence-corrected chi connectivity index (χ4v) is 2.74. The maximum atomic E-state index is 12.2. The number of hydrogen-bond acceptors (Lipinski definition) is 6. The molecule has 0 spiro atoms. The molecule has 0 aliphatic rings. The van der Waals surface area contributed by atoms with Crippen molar-refractivity contribution < 1.29 is 9.53 Å². The Labute approximate surface area is 158 Å². The summed E-state index contributed by atoms with van der Waals surface area (Å²) in [4.78, 5) is 23.1. The van der Waals surface area contributed by atoms with Gasteiger partial charge in [-0.25, -0.2) is 9.78 Å². The van der Waals surface area contributed by atoms with Gasteiger partial charge < -0.3 is 15.0 Å². The highest BCUT2D eigenvalue weighted by Gasteiger charge is 2.14. The fraction of sp³-hybridized carbons (Fsp3) is 0.190. The number of carbonyl (C=O) groups excluding carboxylic acids is 1. The van der Waals surface area contributed by atoms with E-state index in [1.165, 1.54) is 0 Å². The Morgan fingerprint density at radius 3 is 2.52 bits per heavy atom. The zero-order valence-electron chi connectivity index (χ0n) is 15.4. The number of para-hydroxylation sites is 2. The summed E-state index contributed by atoms with van der Waals surface area (Å²) >= 11 is 0. The van der Waals surface area contributed by atoms with Crippen molar-refractivity contribution in [1.29, 1.82) is 0 Å². The van der Waals surface area contributed by atoms with E-state index in [0.717, 1.165) is 18.1 Å². The maximum Gasteiger partial charge on any atom is 0.340 e. The molecule has 0 aliphatic heterocycles. The van der Waals surface area contributed by atoms with Crippen LogP contribution < -0.4 is 10.2 Å². The molecule has 0 bridgehead atoms. The topological polar surface area (TPSA) is 67.3 Å². The number of nitrogens with zero attached hydrogens (tertiary/aromatic N) is 3. The zero-order valence-corrected chi connectivity index (χ0v) is 15.4. The van der Waals surface area contributed by atoms with Gasteiger partial charge in [-0.15, -0.1) is 0 Å². The van der Waals surface area contributed by atoms with Crippen molar-refractivity contribution in [3.8, 4) is 0 Å². The molecule has 3 rings (SSSR count). The molecule has 1 heterocycles. The van der Waals surface area contributed by atoms with E-state index >= 15 is 0 Å². The fourth-order valence-electron chi connectivity index (χ4n) is 2.74. The van der Waals surface area contributed by atoms with Gasteiger partial charge in [0.25, 0.3) is 0 Å². The highest BCUT2D eigenvalue weighted by atomic mass is 16.5. The van der Waals surface area contributed by atoms with Crippen LogP contribution in [0.5, 0.6) is 0 Å². The van der Waals surface area contributed by atoms with Crippen molar-refractivity contribution in [1.82, 2.24) is 9.97 Å². The Morgan fingerprint density at radius 2 is 1.78 bits per heavy atom.